The lowest BCUT2D eigenvalue weighted by Gasteiger charge is -2.33. The number of hydrogen-bond donors (Lipinski definition) is 2. The van der Waals surface area contributed by atoms with Gasteiger partial charge >= 0.3 is 0 Å². The normalized spacial score (nSPS) is 14.3. The first-order chi connectivity index (χ1) is 14.3. The van der Waals surface area contributed by atoms with E-state index in [0.717, 1.165) is 48.9 Å². The van der Waals surface area contributed by atoms with Crippen LogP contribution in [0.1, 0.15) is 12.8 Å². The summed E-state index contributed by atoms with van der Waals surface area (Å²) in [7, 11) is 0. The zero-order valence-corrected chi connectivity index (χ0v) is 16.8. The van der Waals surface area contributed by atoms with Crippen LogP contribution >= 0.6 is 12.2 Å². The van der Waals surface area contributed by atoms with E-state index < -0.39 is 0 Å². The van der Waals surface area contributed by atoms with Crippen LogP contribution in [0.15, 0.2) is 73.2 Å². The van der Waals surface area contributed by atoms with E-state index in [1.54, 1.807) is 18.6 Å². The second kappa shape index (κ2) is 9.34. The number of piperidine rings is 1. The molecule has 2 aromatic heterocycles. The fourth-order valence-corrected chi connectivity index (χ4v) is 3.59. The van der Waals surface area contributed by atoms with Crippen molar-refractivity contribution in [1.29, 1.82) is 0 Å². The number of pyridine rings is 2. The molecule has 1 aliphatic rings. The Morgan fingerprint density at radius 1 is 1.00 bits per heavy atom. The summed E-state index contributed by atoms with van der Waals surface area (Å²) in [6.07, 6.45) is 7.27. The van der Waals surface area contributed by atoms with Gasteiger partial charge in [-0.15, -0.1) is 0 Å². The summed E-state index contributed by atoms with van der Waals surface area (Å²) in [4.78, 5) is 10.9. The molecule has 0 spiro atoms. The number of benzene rings is 1. The SMILES string of the molecule is S=C(Nc1cccnc1)NC1CCN(c2cc(Oc3ccccc3)ccn2)CC1. The van der Waals surface area contributed by atoms with Crippen LogP contribution in [0, 0.1) is 0 Å². The molecule has 1 aromatic carbocycles. The molecule has 1 fully saturated rings. The van der Waals surface area contributed by atoms with E-state index in [9.17, 15) is 0 Å². The molecule has 0 unspecified atom stereocenters. The van der Waals surface area contributed by atoms with Crippen LogP contribution < -0.4 is 20.3 Å². The van der Waals surface area contributed by atoms with E-state index >= 15 is 0 Å². The minimum atomic E-state index is 0.340. The fourth-order valence-electron chi connectivity index (χ4n) is 3.30. The maximum atomic E-state index is 5.93. The molecule has 0 saturated carbocycles. The molecule has 0 bridgehead atoms. The van der Waals surface area contributed by atoms with Crippen molar-refractivity contribution in [2.45, 2.75) is 18.9 Å². The van der Waals surface area contributed by atoms with Crippen LogP contribution in [0.3, 0.4) is 0 Å². The van der Waals surface area contributed by atoms with Crippen LogP contribution in [0.5, 0.6) is 11.5 Å². The Labute approximate surface area is 176 Å². The molecule has 2 N–H and O–H groups in total. The van der Waals surface area contributed by atoms with Crippen molar-refractivity contribution in [2.75, 3.05) is 23.3 Å². The van der Waals surface area contributed by atoms with Crippen LogP contribution in [-0.4, -0.2) is 34.2 Å². The summed E-state index contributed by atoms with van der Waals surface area (Å²) in [5.74, 6) is 2.55. The zero-order chi connectivity index (χ0) is 19.9. The highest BCUT2D eigenvalue weighted by molar-refractivity contribution is 7.80. The highest BCUT2D eigenvalue weighted by Crippen LogP contribution is 2.25. The number of rotatable bonds is 5. The van der Waals surface area contributed by atoms with Crippen LogP contribution in [0.4, 0.5) is 11.5 Å². The molecule has 148 valence electrons. The highest BCUT2D eigenvalue weighted by atomic mass is 32.1. The van der Waals surface area contributed by atoms with Crippen LogP contribution in [0.25, 0.3) is 0 Å². The first-order valence-electron chi connectivity index (χ1n) is 9.68. The van der Waals surface area contributed by atoms with Gasteiger partial charge in [0.15, 0.2) is 5.11 Å². The average molecular weight is 406 g/mol. The summed E-state index contributed by atoms with van der Waals surface area (Å²) < 4.78 is 5.93. The molecule has 4 rings (SSSR count). The minimum Gasteiger partial charge on any atom is -0.457 e. The Balaban J connectivity index is 1.29. The summed E-state index contributed by atoms with van der Waals surface area (Å²) in [5, 5.41) is 7.21. The third-order valence-electron chi connectivity index (χ3n) is 4.77. The third-order valence-corrected chi connectivity index (χ3v) is 4.99. The van der Waals surface area contributed by atoms with Gasteiger partial charge in [0.1, 0.15) is 17.3 Å². The van der Waals surface area contributed by atoms with Crippen molar-refractivity contribution in [2.24, 2.45) is 0 Å². The average Bonchev–Trinajstić information content (AvgIpc) is 2.76. The smallest absolute Gasteiger partial charge is 0.171 e. The molecule has 1 aliphatic heterocycles. The van der Waals surface area contributed by atoms with Crippen LogP contribution in [-0.2, 0) is 0 Å². The lowest BCUT2D eigenvalue weighted by Crippen LogP contribution is -2.46. The maximum Gasteiger partial charge on any atom is 0.171 e. The number of aromatic nitrogens is 2. The Bertz CT molecular complexity index is 930. The van der Waals surface area contributed by atoms with E-state index in [4.69, 9.17) is 17.0 Å². The summed E-state index contributed by atoms with van der Waals surface area (Å²) >= 11 is 5.43. The lowest BCUT2D eigenvalue weighted by molar-refractivity contribution is 0.462. The molecule has 7 heteroatoms. The number of para-hydroxylation sites is 1. The number of thiocarbonyl (C=S) groups is 1. The Kier molecular flexibility index (Phi) is 6.16. The van der Waals surface area contributed by atoms with Gasteiger partial charge < -0.3 is 20.3 Å². The van der Waals surface area contributed by atoms with E-state index in [1.165, 1.54) is 0 Å². The molecule has 0 radical (unpaired) electrons. The summed E-state index contributed by atoms with van der Waals surface area (Å²) in [6.45, 7) is 1.82. The third kappa shape index (κ3) is 5.42. The van der Waals surface area contributed by atoms with E-state index in [0.29, 0.717) is 11.2 Å². The van der Waals surface area contributed by atoms with Crippen molar-refractivity contribution in [1.82, 2.24) is 15.3 Å². The van der Waals surface area contributed by atoms with Gasteiger partial charge in [-0.1, -0.05) is 18.2 Å². The molecule has 0 aliphatic carbocycles. The molecule has 0 atom stereocenters. The van der Waals surface area contributed by atoms with E-state index in [2.05, 4.69) is 25.5 Å². The largest absolute Gasteiger partial charge is 0.457 e. The van der Waals surface area contributed by atoms with Crippen molar-refractivity contribution >= 4 is 28.8 Å². The Morgan fingerprint density at radius 3 is 2.59 bits per heavy atom. The van der Waals surface area contributed by atoms with Gasteiger partial charge in [-0.05, 0) is 55.4 Å². The van der Waals surface area contributed by atoms with E-state index in [-0.39, 0.29) is 0 Å². The van der Waals surface area contributed by atoms with Gasteiger partial charge in [0.05, 0.1) is 11.9 Å². The molecular formula is C22H23N5OS. The second-order valence-corrected chi connectivity index (χ2v) is 7.27. The number of nitrogens with one attached hydrogen (secondary N) is 2. The maximum absolute atomic E-state index is 5.93. The number of nitrogens with zero attached hydrogens (tertiary/aromatic N) is 3. The molecule has 1 saturated heterocycles. The summed E-state index contributed by atoms with van der Waals surface area (Å²) in [5.41, 5.74) is 0.891. The predicted molar refractivity (Wildman–Crippen MR) is 120 cm³/mol. The van der Waals surface area contributed by atoms with Crippen molar-refractivity contribution in [3.8, 4) is 11.5 Å². The van der Waals surface area contributed by atoms with Crippen molar-refractivity contribution in [3.05, 3.63) is 73.2 Å². The van der Waals surface area contributed by atoms with Gasteiger partial charge in [-0.2, -0.15) is 0 Å². The van der Waals surface area contributed by atoms with Gasteiger partial charge in [0.2, 0.25) is 0 Å². The first kappa shape index (κ1) is 19.1. The van der Waals surface area contributed by atoms with Gasteiger partial charge in [0.25, 0.3) is 0 Å². The topological polar surface area (TPSA) is 62.3 Å². The molecular weight excluding hydrogens is 382 g/mol. The Morgan fingerprint density at radius 2 is 1.83 bits per heavy atom. The molecule has 0 amide bonds. The summed E-state index contributed by atoms with van der Waals surface area (Å²) in [6, 6.07) is 17.8. The first-order valence-corrected chi connectivity index (χ1v) is 10.1. The standard InChI is InChI=1S/C22H23N5OS/c29-22(26-18-5-4-11-23-16-18)25-17-9-13-27(14-10-17)21-15-20(8-12-24-21)28-19-6-2-1-3-7-19/h1-8,11-12,15-17H,9-10,13-14H2,(H2,25,26,29). The molecule has 6 nitrogen and oxygen atoms in total. The van der Waals surface area contributed by atoms with E-state index in [1.807, 2.05) is 54.6 Å². The molecule has 3 aromatic rings. The fraction of sp³-hybridized carbons (Fsp3) is 0.227. The number of hydrogen-bond acceptors (Lipinski definition) is 5. The second-order valence-electron chi connectivity index (χ2n) is 6.87. The van der Waals surface area contributed by atoms with Crippen molar-refractivity contribution < 1.29 is 4.74 Å². The zero-order valence-electron chi connectivity index (χ0n) is 16.0. The number of anilines is 2. The predicted octanol–water partition coefficient (Wildman–Crippen LogP) is 4.22. The van der Waals surface area contributed by atoms with Crippen molar-refractivity contribution in [3.63, 3.8) is 0 Å². The van der Waals surface area contributed by atoms with Gasteiger partial charge in [-0.3, -0.25) is 4.98 Å². The monoisotopic (exact) mass is 405 g/mol. The quantitative estimate of drug-likeness (QED) is 0.616. The Hall–Kier alpha value is -3.19. The molecule has 3 heterocycles. The minimum absolute atomic E-state index is 0.340. The van der Waals surface area contributed by atoms with Crippen LogP contribution in [0.2, 0.25) is 0 Å². The van der Waals surface area contributed by atoms with Gasteiger partial charge in [-0.25, -0.2) is 4.98 Å². The highest BCUT2D eigenvalue weighted by Gasteiger charge is 2.21. The lowest BCUT2D eigenvalue weighted by atomic mass is 10.1. The van der Waals surface area contributed by atoms with Gasteiger partial charge in [0, 0.05) is 37.6 Å². The molecule has 29 heavy (non-hydrogen) atoms. The number of ether oxygens (including phenoxy) is 1.